The Balaban J connectivity index is 2.35. The van der Waals surface area contributed by atoms with Crippen molar-refractivity contribution in [3.05, 3.63) is 24.0 Å². The van der Waals surface area contributed by atoms with Gasteiger partial charge in [0.1, 0.15) is 0 Å². The average Bonchev–Trinajstić information content (AvgIpc) is 2.58. The first-order valence-electron chi connectivity index (χ1n) is 3.30. The largest absolute Gasteiger partial charge is 0.339 e. The van der Waals surface area contributed by atoms with Crippen LogP contribution >= 0.6 is 0 Å². The van der Waals surface area contributed by atoms with E-state index in [4.69, 9.17) is 5.84 Å². The maximum Gasteiger partial charge on any atom is 0.0422 e. The van der Waals surface area contributed by atoms with Gasteiger partial charge in [0.2, 0.25) is 0 Å². The fourth-order valence-corrected chi connectivity index (χ4v) is 1.13. The molecule has 2 N–H and O–H groups in total. The average molecular weight is 122 g/mol. The minimum Gasteiger partial charge on any atom is -0.339 e. The monoisotopic (exact) mass is 122 g/mol. The molecule has 1 aromatic heterocycles. The summed E-state index contributed by atoms with van der Waals surface area (Å²) < 4.78 is 1.72. The Hall–Kier alpha value is -0.920. The molecule has 0 aliphatic heterocycles. The molecule has 1 aliphatic carbocycles. The Morgan fingerprint density at radius 1 is 1.56 bits per heavy atom. The summed E-state index contributed by atoms with van der Waals surface area (Å²) >= 11 is 0. The summed E-state index contributed by atoms with van der Waals surface area (Å²) in [6, 6.07) is 4.09. The van der Waals surface area contributed by atoms with E-state index in [1.807, 2.05) is 12.3 Å². The Morgan fingerprint density at radius 3 is 2.78 bits per heavy atom. The van der Waals surface area contributed by atoms with Crippen molar-refractivity contribution in [2.24, 2.45) is 0 Å². The van der Waals surface area contributed by atoms with E-state index in [0.29, 0.717) is 0 Å². The van der Waals surface area contributed by atoms with Crippen molar-refractivity contribution in [3.8, 4) is 0 Å². The highest BCUT2D eigenvalue weighted by Gasteiger charge is 2.25. The van der Waals surface area contributed by atoms with Gasteiger partial charge < -0.3 is 5.84 Å². The number of aromatic nitrogens is 1. The lowest BCUT2D eigenvalue weighted by Gasteiger charge is -1.97. The molecule has 0 atom stereocenters. The van der Waals surface area contributed by atoms with Gasteiger partial charge in [0, 0.05) is 17.8 Å². The Labute approximate surface area is 54.2 Å². The zero-order valence-corrected chi connectivity index (χ0v) is 5.25. The molecular weight excluding hydrogens is 112 g/mol. The summed E-state index contributed by atoms with van der Waals surface area (Å²) in [5, 5.41) is 0. The van der Waals surface area contributed by atoms with Gasteiger partial charge >= 0.3 is 0 Å². The zero-order valence-electron chi connectivity index (χ0n) is 5.25. The van der Waals surface area contributed by atoms with E-state index in [1.54, 1.807) is 4.68 Å². The predicted molar refractivity (Wildman–Crippen MR) is 36.6 cm³/mol. The molecule has 0 saturated heterocycles. The molecule has 0 spiro atoms. The van der Waals surface area contributed by atoms with Crippen LogP contribution in [0.25, 0.3) is 0 Å². The Morgan fingerprint density at radius 2 is 2.33 bits per heavy atom. The van der Waals surface area contributed by atoms with Crippen molar-refractivity contribution in [1.82, 2.24) is 4.68 Å². The maximum atomic E-state index is 5.60. The van der Waals surface area contributed by atoms with Gasteiger partial charge in [0.15, 0.2) is 0 Å². The van der Waals surface area contributed by atoms with E-state index < -0.39 is 0 Å². The predicted octanol–water partition coefficient (Wildman–Crippen LogP) is 1.08. The lowest BCUT2D eigenvalue weighted by molar-refractivity contribution is 0.889. The summed E-state index contributed by atoms with van der Waals surface area (Å²) in [5.74, 6) is 6.37. The second kappa shape index (κ2) is 1.53. The van der Waals surface area contributed by atoms with Gasteiger partial charge in [-0.25, -0.2) is 0 Å². The second-order valence-electron chi connectivity index (χ2n) is 2.61. The molecule has 1 fully saturated rings. The maximum absolute atomic E-state index is 5.60. The Kier molecular flexibility index (Phi) is 0.835. The van der Waals surface area contributed by atoms with E-state index in [0.717, 1.165) is 5.92 Å². The van der Waals surface area contributed by atoms with Gasteiger partial charge in [-0.15, -0.1) is 0 Å². The van der Waals surface area contributed by atoms with Crippen LogP contribution in [0, 0.1) is 0 Å². The third kappa shape index (κ3) is 0.707. The van der Waals surface area contributed by atoms with Crippen LogP contribution < -0.4 is 5.84 Å². The zero-order chi connectivity index (χ0) is 6.27. The first kappa shape index (κ1) is 4.91. The smallest absolute Gasteiger partial charge is 0.0422 e. The molecule has 1 aromatic rings. The molecule has 2 heteroatoms. The van der Waals surface area contributed by atoms with Gasteiger partial charge in [-0.1, -0.05) is 0 Å². The molecule has 1 heterocycles. The highest BCUT2D eigenvalue weighted by Crippen LogP contribution is 2.39. The van der Waals surface area contributed by atoms with Crippen LogP contribution in [0.3, 0.4) is 0 Å². The van der Waals surface area contributed by atoms with Crippen molar-refractivity contribution < 1.29 is 0 Å². The van der Waals surface area contributed by atoms with Crippen LogP contribution in [-0.2, 0) is 0 Å². The summed E-state index contributed by atoms with van der Waals surface area (Å²) in [6.07, 6.45) is 4.54. The first-order chi connectivity index (χ1) is 4.38. The summed E-state index contributed by atoms with van der Waals surface area (Å²) in [7, 11) is 0. The normalized spacial score (nSPS) is 18.2. The van der Waals surface area contributed by atoms with Crippen molar-refractivity contribution in [1.29, 1.82) is 0 Å². The van der Waals surface area contributed by atoms with Gasteiger partial charge in [-0.2, -0.15) is 0 Å². The summed E-state index contributed by atoms with van der Waals surface area (Å²) in [5.41, 5.74) is 1.29. The highest BCUT2D eigenvalue weighted by atomic mass is 15.3. The third-order valence-electron chi connectivity index (χ3n) is 1.81. The van der Waals surface area contributed by atoms with E-state index in [2.05, 4.69) is 6.07 Å². The molecule has 1 saturated carbocycles. The fraction of sp³-hybridized carbons (Fsp3) is 0.429. The van der Waals surface area contributed by atoms with E-state index in [9.17, 15) is 0 Å². The third-order valence-corrected chi connectivity index (χ3v) is 1.81. The van der Waals surface area contributed by atoms with E-state index in [-0.39, 0.29) is 0 Å². The molecule has 0 amide bonds. The van der Waals surface area contributed by atoms with Gasteiger partial charge in [-0.3, -0.25) is 4.68 Å². The van der Waals surface area contributed by atoms with Crippen LogP contribution in [0.2, 0.25) is 0 Å². The highest BCUT2D eigenvalue weighted by molar-refractivity contribution is 5.17. The van der Waals surface area contributed by atoms with Gasteiger partial charge in [-0.05, 0) is 25.0 Å². The van der Waals surface area contributed by atoms with Crippen LogP contribution in [0.1, 0.15) is 24.5 Å². The summed E-state index contributed by atoms with van der Waals surface area (Å²) in [6.45, 7) is 0. The lowest BCUT2D eigenvalue weighted by atomic mass is 10.3. The van der Waals surface area contributed by atoms with Gasteiger partial charge in [0.25, 0.3) is 0 Å². The standard InChI is InChI=1S/C7H10N2/c8-9-5-1-2-7(9)6-3-4-6/h1-2,5-6H,3-4,8H2. The molecular formula is C7H10N2. The molecule has 0 unspecified atom stereocenters. The summed E-state index contributed by atoms with van der Waals surface area (Å²) in [4.78, 5) is 0. The SMILES string of the molecule is Nn1cccc1C1CC1. The molecule has 48 valence electrons. The number of nitrogens with two attached hydrogens (primary N) is 1. The topological polar surface area (TPSA) is 30.9 Å². The van der Waals surface area contributed by atoms with Crippen molar-refractivity contribution >= 4 is 0 Å². The van der Waals surface area contributed by atoms with E-state index in [1.165, 1.54) is 18.5 Å². The van der Waals surface area contributed by atoms with Crippen molar-refractivity contribution in [3.63, 3.8) is 0 Å². The van der Waals surface area contributed by atoms with Gasteiger partial charge in [0.05, 0.1) is 0 Å². The van der Waals surface area contributed by atoms with Crippen molar-refractivity contribution in [2.45, 2.75) is 18.8 Å². The van der Waals surface area contributed by atoms with E-state index >= 15 is 0 Å². The molecule has 0 radical (unpaired) electrons. The number of hydrogen-bond acceptors (Lipinski definition) is 1. The lowest BCUT2D eigenvalue weighted by Crippen LogP contribution is -2.09. The van der Waals surface area contributed by atoms with Crippen LogP contribution in [0.15, 0.2) is 18.3 Å². The van der Waals surface area contributed by atoms with Crippen LogP contribution in [0.4, 0.5) is 0 Å². The first-order valence-corrected chi connectivity index (χ1v) is 3.30. The minimum atomic E-state index is 0.769. The van der Waals surface area contributed by atoms with Crippen LogP contribution in [0.5, 0.6) is 0 Å². The quantitative estimate of drug-likeness (QED) is 0.555. The number of rotatable bonds is 1. The molecule has 2 nitrogen and oxygen atoms in total. The Bertz CT molecular complexity index is 210. The number of nitrogen functional groups attached to an aromatic ring is 1. The van der Waals surface area contributed by atoms with Crippen LogP contribution in [-0.4, -0.2) is 4.68 Å². The molecule has 9 heavy (non-hydrogen) atoms. The molecule has 1 aliphatic rings. The fourth-order valence-electron chi connectivity index (χ4n) is 1.13. The number of nitrogens with zero attached hydrogens (tertiary/aromatic N) is 1. The molecule has 0 bridgehead atoms. The van der Waals surface area contributed by atoms with Crippen molar-refractivity contribution in [2.75, 3.05) is 5.84 Å². The second-order valence-corrected chi connectivity index (χ2v) is 2.61. The minimum absolute atomic E-state index is 0.769. The number of hydrogen-bond donors (Lipinski definition) is 1. The molecule has 0 aromatic carbocycles. The molecule has 2 rings (SSSR count).